The van der Waals surface area contributed by atoms with Crippen molar-refractivity contribution in [3.05, 3.63) is 17.5 Å². The predicted molar refractivity (Wildman–Crippen MR) is 66.9 cm³/mol. The Kier molecular flexibility index (Phi) is 3.22. The van der Waals surface area contributed by atoms with E-state index in [1.54, 1.807) is 13.0 Å². The zero-order chi connectivity index (χ0) is 13.3. The second kappa shape index (κ2) is 4.53. The van der Waals surface area contributed by atoms with Gasteiger partial charge in [0.25, 0.3) is 0 Å². The monoisotopic (exact) mass is 266 g/mol. The zero-order valence-electron chi connectivity index (χ0n) is 10.3. The lowest BCUT2D eigenvalue weighted by atomic mass is 10.3. The van der Waals surface area contributed by atoms with Gasteiger partial charge in [0.1, 0.15) is 11.8 Å². The Balaban J connectivity index is 2.33. The Bertz CT molecular complexity index is 606. The molecule has 1 saturated heterocycles. The number of hydrogen-bond donors (Lipinski definition) is 0. The average Bonchev–Trinajstić information content (AvgIpc) is 2.26. The number of aryl methyl sites for hydroxylation is 1. The van der Waals surface area contributed by atoms with Crippen molar-refractivity contribution in [1.29, 1.82) is 5.26 Å². The molecule has 0 bridgehead atoms. The van der Waals surface area contributed by atoms with Crippen molar-refractivity contribution < 1.29 is 8.42 Å². The maximum Gasteiger partial charge on any atom is 0.227 e. The highest BCUT2D eigenvalue weighted by Gasteiger charge is 2.29. The molecule has 1 aliphatic heterocycles. The second-order valence-corrected chi connectivity index (χ2v) is 6.69. The van der Waals surface area contributed by atoms with Crippen molar-refractivity contribution in [2.24, 2.45) is 0 Å². The number of nitrogens with zero attached hydrogens (tertiary/aromatic N) is 4. The number of sulfone groups is 1. The summed E-state index contributed by atoms with van der Waals surface area (Å²) in [5.41, 5.74) is 1.01. The van der Waals surface area contributed by atoms with Gasteiger partial charge in [0, 0.05) is 18.3 Å². The minimum absolute atomic E-state index is 0.103. The highest BCUT2D eigenvalue weighted by molar-refractivity contribution is 7.91. The Hall–Kier alpha value is -1.68. The van der Waals surface area contributed by atoms with Crippen molar-refractivity contribution in [2.45, 2.75) is 19.9 Å². The molecule has 0 aromatic carbocycles. The Morgan fingerprint density at radius 3 is 2.83 bits per heavy atom. The highest BCUT2D eigenvalue weighted by Crippen LogP contribution is 2.18. The first kappa shape index (κ1) is 12.8. The van der Waals surface area contributed by atoms with Crippen LogP contribution in [0, 0.1) is 18.3 Å². The molecular formula is C11H14N4O2S. The molecule has 6 nitrogen and oxygen atoms in total. The van der Waals surface area contributed by atoms with E-state index >= 15 is 0 Å². The molecule has 1 aromatic rings. The minimum atomic E-state index is -2.96. The van der Waals surface area contributed by atoms with Crippen LogP contribution in [-0.2, 0) is 9.84 Å². The minimum Gasteiger partial charge on any atom is -0.336 e. The topological polar surface area (TPSA) is 87.0 Å². The number of anilines is 1. The molecule has 18 heavy (non-hydrogen) atoms. The van der Waals surface area contributed by atoms with E-state index in [0.29, 0.717) is 23.9 Å². The van der Waals surface area contributed by atoms with E-state index in [1.165, 1.54) is 0 Å². The highest BCUT2D eigenvalue weighted by atomic mass is 32.2. The van der Waals surface area contributed by atoms with Crippen molar-refractivity contribution >= 4 is 15.8 Å². The van der Waals surface area contributed by atoms with Crippen LogP contribution in [0.4, 0.5) is 5.95 Å². The van der Waals surface area contributed by atoms with Crippen molar-refractivity contribution in [1.82, 2.24) is 9.97 Å². The molecule has 0 radical (unpaired) electrons. The fourth-order valence-electron chi connectivity index (χ4n) is 2.03. The SMILES string of the molecule is Cc1cc(C#N)nc(N2CCS(=O)(=O)CC2C)n1. The van der Waals surface area contributed by atoms with Crippen LogP contribution >= 0.6 is 0 Å². The molecule has 1 aromatic heterocycles. The van der Waals surface area contributed by atoms with Gasteiger partial charge in [0.05, 0.1) is 11.5 Å². The van der Waals surface area contributed by atoms with Gasteiger partial charge in [0.15, 0.2) is 9.84 Å². The standard InChI is InChI=1S/C11H14N4O2S/c1-8-5-10(6-12)14-11(13-8)15-3-4-18(16,17)7-9(15)2/h5,9H,3-4,7H2,1-2H3. The third-order valence-electron chi connectivity index (χ3n) is 2.88. The first-order chi connectivity index (χ1) is 8.41. The van der Waals surface area contributed by atoms with Gasteiger partial charge in [-0.1, -0.05) is 0 Å². The maximum absolute atomic E-state index is 11.5. The average molecular weight is 266 g/mol. The van der Waals surface area contributed by atoms with Crippen molar-refractivity contribution in [3.63, 3.8) is 0 Å². The van der Waals surface area contributed by atoms with E-state index in [9.17, 15) is 8.42 Å². The van der Waals surface area contributed by atoms with E-state index in [2.05, 4.69) is 9.97 Å². The molecule has 0 amide bonds. The molecule has 1 fully saturated rings. The number of hydrogen-bond acceptors (Lipinski definition) is 6. The van der Waals surface area contributed by atoms with Gasteiger partial charge in [0.2, 0.25) is 5.95 Å². The van der Waals surface area contributed by atoms with Crippen molar-refractivity contribution in [3.8, 4) is 6.07 Å². The van der Waals surface area contributed by atoms with E-state index in [1.807, 2.05) is 17.9 Å². The predicted octanol–water partition coefficient (Wildman–Crippen LogP) is 0.280. The smallest absolute Gasteiger partial charge is 0.227 e. The van der Waals surface area contributed by atoms with Crippen LogP contribution in [0.3, 0.4) is 0 Å². The first-order valence-electron chi connectivity index (χ1n) is 5.64. The summed E-state index contributed by atoms with van der Waals surface area (Å²) in [6, 6.07) is 3.42. The summed E-state index contributed by atoms with van der Waals surface area (Å²) in [7, 11) is -2.96. The van der Waals surface area contributed by atoms with Crippen molar-refractivity contribution in [2.75, 3.05) is 23.0 Å². The normalized spacial score (nSPS) is 22.5. The lowest BCUT2D eigenvalue weighted by Gasteiger charge is -2.33. The largest absolute Gasteiger partial charge is 0.336 e. The molecule has 2 rings (SSSR count). The molecule has 0 spiro atoms. The fraction of sp³-hybridized carbons (Fsp3) is 0.545. The van der Waals surface area contributed by atoms with E-state index < -0.39 is 9.84 Å². The second-order valence-electron chi connectivity index (χ2n) is 4.46. The summed E-state index contributed by atoms with van der Waals surface area (Å²) in [6.45, 7) is 3.99. The van der Waals surface area contributed by atoms with Gasteiger partial charge < -0.3 is 4.90 Å². The molecule has 96 valence electrons. The lowest BCUT2D eigenvalue weighted by molar-refractivity contribution is 0.564. The summed E-state index contributed by atoms with van der Waals surface area (Å²) in [6.07, 6.45) is 0. The van der Waals surface area contributed by atoms with E-state index in [4.69, 9.17) is 5.26 Å². The van der Waals surface area contributed by atoms with Crippen LogP contribution in [-0.4, -0.2) is 42.5 Å². The zero-order valence-corrected chi connectivity index (χ0v) is 11.1. The van der Waals surface area contributed by atoms with E-state index in [0.717, 1.165) is 0 Å². The number of rotatable bonds is 1. The number of nitriles is 1. The summed E-state index contributed by atoms with van der Waals surface area (Å²) in [5.74, 6) is 0.650. The first-order valence-corrected chi connectivity index (χ1v) is 7.46. The third kappa shape index (κ3) is 2.59. The Labute approximate surface area is 106 Å². The summed E-state index contributed by atoms with van der Waals surface area (Å²) in [4.78, 5) is 10.2. The van der Waals surface area contributed by atoms with Gasteiger partial charge in [-0.2, -0.15) is 5.26 Å². The molecule has 1 atom stereocenters. The Morgan fingerprint density at radius 1 is 1.50 bits per heavy atom. The van der Waals surface area contributed by atoms with Crippen LogP contribution in [0.15, 0.2) is 6.07 Å². The molecule has 1 aliphatic rings. The molecular weight excluding hydrogens is 252 g/mol. The molecule has 2 heterocycles. The van der Waals surface area contributed by atoms with Crippen LogP contribution in [0.25, 0.3) is 0 Å². The van der Waals surface area contributed by atoms with Gasteiger partial charge >= 0.3 is 0 Å². The number of aromatic nitrogens is 2. The fourth-order valence-corrected chi connectivity index (χ4v) is 3.59. The summed E-state index contributed by atoms with van der Waals surface area (Å²) in [5, 5.41) is 8.88. The molecule has 1 unspecified atom stereocenters. The summed E-state index contributed by atoms with van der Waals surface area (Å²) >= 11 is 0. The molecule has 7 heteroatoms. The van der Waals surface area contributed by atoms with Crippen LogP contribution in [0.2, 0.25) is 0 Å². The van der Waals surface area contributed by atoms with E-state index in [-0.39, 0.29) is 17.5 Å². The van der Waals surface area contributed by atoms with Gasteiger partial charge in [-0.15, -0.1) is 0 Å². The Morgan fingerprint density at radius 2 is 2.22 bits per heavy atom. The lowest BCUT2D eigenvalue weighted by Crippen LogP contribution is -2.47. The van der Waals surface area contributed by atoms with Crippen LogP contribution in [0.5, 0.6) is 0 Å². The summed E-state index contributed by atoms with van der Waals surface area (Å²) < 4.78 is 23.0. The van der Waals surface area contributed by atoms with Crippen LogP contribution in [0.1, 0.15) is 18.3 Å². The van der Waals surface area contributed by atoms with Crippen LogP contribution < -0.4 is 4.90 Å². The maximum atomic E-state index is 11.5. The van der Waals surface area contributed by atoms with Gasteiger partial charge in [-0.25, -0.2) is 18.4 Å². The van der Waals surface area contributed by atoms with Gasteiger partial charge in [-0.05, 0) is 19.9 Å². The van der Waals surface area contributed by atoms with Gasteiger partial charge in [-0.3, -0.25) is 0 Å². The molecule has 0 N–H and O–H groups in total. The third-order valence-corrected chi connectivity index (χ3v) is 4.68. The quantitative estimate of drug-likeness (QED) is 0.725. The molecule has 0 aliphatic carbocycles. The molecule has 0 saturated carbocycles.